The van der Waals surface area contributed by atoms with E-state index in [9.17, 15) is 9.59 Å². The Labute approximate surface area is 137 Å². The van der Waals surface area contributed by atoms with Crippen molar-refractivity contribution in [2.75, 3.05) is 26.0 Å². The van der Waals surface area contributed by atoms with Crippen LogP contribution in [0.3, 0.4) is 0 Å². The molecule has 2 rings (SSSR count). The van der Waals surface area contributed by atoms with E-state index >= 15 is 0 Å². The summed E-state index contributed by atoms with van der Waals surface area (Å²) in [5, 5.41) is 6.14. The van der Waals surface area contributed by atoms with Gasteiger partial charge in [0, 0.05) is 37.8 Å². The van der Waals surface area contributed by atoms with Crippen molar-refractivity contribution < 1.29 is 9.59 Å². The Kier molecular flexibility index (Phi) is 6.77. The molecule has 2 amide bonds. The van der Waals surface area contributed by atoms with E-state index in [1.54, 1.807) is 26.2 Å². The number of carbonyl (C=O) groups excluding carboxylic acids is 2. The monoisotopic (exact) mass is 326 g/mol. The molecule has 0 bridgehead atoms. The highest BCUT2D eigenvalue weighted by Gasteiger charge is 2.25. The maximum atomic E-state index is 12.3. The number of rotatable bonds is 3. The Morgan fingerprint density at radius 3 is 2.77 bits per heavy atom. The summed E-state index contributed by atoms with van der Waals surface area (Å²) in [6, 6.07) is 3.61. The predicted octanol–water partition coefficient (Wildman–Crippen LogP) is 1.53. The number of carbonyl (C=O) groups is 2. The van der Waals surface area contributed by atoms with Crippen molar-refractivity contribution in [1.29, 1.82) is 0 Å². The zero-order valence-corrected chi connectivity index (χ0v) is 13.9. The third kappa shape index (κ3) is 4.68. The summed E-state index contributed by atoms with van der Waals surface area (Å²) >= 11 is 0. The first-order valence-electron chi connectivity index (χ1n) is 7.19. The SMILES string of the molecule is C[C@H]1C[C@@H](C(=O)Nc2cc(C(=O)N(C)C)ccn2)CCN1.Cl. The number of aromatic nitrogens is 1. The van der Waals surface area contributed by atoms with Crippen LogP contribution in [-0.4, -0.2) is 48.4 Å². The molecule has 0 unspecified atom stereocenters. The zero-order chi connectivity index (χ0) is 15.4. The number of anilines is 1. The second-order valence-corrected chi connectivity index (χ2v) is 5.70. The van der Waals surface area contributed by atoms with E-state index < -0.39 is 0 Å². The van der Waals surface area contributed by atoms with Gasteiger partial charge in [-0.3, -0.25) is 9.59 Å². The van der Waals surface area contributed by atoms with E-state index in [0.29, 0.717) is 17.4 Å². The Morgan fingerprint density at radius 1 is 1.41 bits per heavy atom. The van der Waals surface area contributed by atoms with Crippen molar-refractivity contribution in [2.24, 2.45) is 5.92 Å². The fourth-order valence-corrected chi connectivity index (χ4v) is 2.49. The maximum absolute atomic E-state index is 12.3. The molecule has 0 aromatic carbocycles. The Bertz CT molecular complexity index is 536. The van der Waals surface area contributed by atoms with Gasteiger partial charge in [-0.25, -0.2) is 4.98 Å². The van der Waals surface area contributed by atoms with Crippen LogP contribution in [0.1, 0.15) is 30.1 Å². The summed E-state index contributed by atoms with van der Waals surface area (Å²) in [6.07, 6.45) is 3.19. The molecule has 2 heterocycles. The van der Waals surface area contributed by atoms with Crippen LogP contribution >= 0.6 is 12.4 Å². The van der Waals surface area contributed by atoms with E-state index in [1.807, 2.05) is 0 Å². The highest BCUT2D eigenvalue weighted by Crippen LogP contribution is 2.18. The number of amides is 2. The fraction of sp³-hybridized carbons (Fsp3) is 0.533. The van der Waals surface area contributed by atoms with Gasteiger partial charge in [-0.15, -0.1) is 12.4 Å². The van der Waals surface area contributed by atoms with Crippen LogP contribution in [0, 0.1) is 5.92 Å². The molecule has 22 heavy (non-hydrogen) atoms. The Balaban J connectivity index is 0.00000242. The fourth-order valence-electron chi connectivity index (χ4n) is 2.49. The number of nitrogens with one attached hydrogen (secondary N) is 2. The molecule has 122 valence electrons. The van der Waals surface area contributed by atoms with E-state index in [0.717, 1.165) is 19.4 Å². The number of hydrogen-bond donors (Lipinski definition) is 2. The first kappa shape index (κ1) is 18.4. The molecule has 1 aromatic heterocycles. The molecule has 7 heteroatoms. The molecule has 0 radical (unpaired) electrons. The van der Waals surface area contributed by atoms with Crippen LogP contribution in [0.4, 0.5) is 5.82 Å². The average molecular weight is 327 g/mol. The molecular formula is C15H23ClN4O2. The van der Waals surface area contributed by atoms with Gasteiger partial charge in [-0.05, 0) is 38.4 Å². The van der Waals surface area contributed by atoms with Gasteiger partial charge in [0.15, 0.2) is 0 Å². The Hall–Kier alpha value is -1.66. The van der Waals surface area contributed by atoms with Gasteiger partial charge in [0.25, 0.3) is 5.91 Å². The van der Waals surface area contributed by atoms with Crippen LogP contribution < -0.4 is 10.6 Å². The number of halogens is 1. The van der Waals surface area contributed by atoms with Gasteiger partial charge in [0.1, 0.15) is 5.82 Å². The van der Waals surface area contributed by atoms with Crippen LogP contribution in [-0.2, 0) is 4.79 Å². The standard InChI is InChI=1S/C15H22N4O2.ClH/c1-10-8-11(4-6-16-10)14(20)18-13-9-12(5-7-17-13)15(21)19(2)3;/h5,7,9-11,16H,4,6,8H2,1-3H3,(H,17,18,20);1H/t10-,11-;/m0./s1. The number of piperidine rings is 1. The largest absolute Gasteiger partial charge is 0.345 e. The minimum atomic E-state index is -0.108. The maximum Gasteiger partial charge on any atom is 0.253 e. The molecule has 1 saturated heterocycles. The average Bonchev–Trinajstić information content (AvgIpc) is 2.46. The lowest BCUT2D eigenvalue weighted by atomic mass is 9.92. The van der Waals surface area contributed by atoms with E-state index in [2.05, 4.69) is 22.5 Å². The highest BCUT2D eigenvalue weighted by molar-refractivity contribution is 5.96. The summed E-state index contributed by atoms with van der Waals surface area (Å²) in [7, 11) is 3.38. The van der Waals surface area contributed by atoms with Crippen molar-refractivity contribution in [2.45, 2.75) is 25.8 Å². The third-order valence-electron chi connectivity index (χ3n) is 3.66. The molecular weight excluding hydrogens is 304 g/mol. The summed E-state index contributed by atoms with van der Waals surface area (Å²) in [5.74, 6) is 0.295. The van der Waals surface area contributed by atoms with Gasteiger partial charge in [0.05, 0.1) is 0 Å². The normalized spacial score (nSPS) is 20.7. The van der Waals surface area contributed by atoms with E-state index in [4.69, 9.17) is 0 Å². The molecule has 0 aliphatic carbocycles. The van der Waals surface area contributed by atoms with Gasteiger partial charge in [-0.1, -0.05) is 0 Å². The molecule has 0 saturated carbocycles. The molecule has 1 aromatic rings. The topological polar surface area (TPSA) is 74.3 Å². The minimum Gasteiger partial charge on any atom is -0.345 e. The van der Waals surface area contributed by atoms with Gasteiger partial charge < -0.3 is 15.5 Å². The second-order valence-electron chi connectivity index (χ2n) is 5.70. The highest BCUT2D eigenvalue weighted by atomic mass is 35.5. The lowest BCUT2D eigenvalue weighted by Crippen LogP contribution is -2.40. The van der Waals surface area contributed by atoms with Crippen LogP contribution in [0.25, 0.3) is 0 Å². The molecule has 1 aliphatic rings. The van der Waals surface area contributed by atoms with E-state index in [-0.39, 0.29) is 30.1 Å². The lowest BCUT2D eigenvalue weighted by Gasteiger charge is -2.26. The van der Waals surface area contributed by atoms with Crippen molar-refractivity contribution in [1.82, 2.24) is 15.2 Å². The number of hydrogen-bond acceptors (Lipinski definition) is 4. The smallest absolute Gasteiger partial charge is 0.253 e. The molecule has 1 fully saturated rings. The van der Waals surface area contributed by atoms with Gasteiger partial charge >= 0.3 is 0 Å². The molecule has 6 nitrogen and oxygen atoms in total. The first-order chi connectivity index (χ1) is 9.97. The number of pyridine rings is 1. The summed E-state index contributed by atoms with van der Waals surface area (Å²) in [6.45, 7) is 2.93. The van der Waals surface area contributed by atoms with Crippen molar-refractivity contribution in [3.63, 3.8) is 0 Å². The van der Waals surface area contributed by atoms with Crippen molar-refractivity contribution in [3.8, 4) is 0 Å². The summed E-state index contributed by atoms with van der Waals surface area (Å²) in [4.78, 5) is 29.8. The second kappa shape index (κ2) is 8.10. The molecule has 0 spiro atoms. The molecule has 2 N–H and O–H groups in total. The van der Waals surface area contributed by atoms with Crippen molar-refractivity contribution >= 4 is 30.0 Å². The summed E-state index contributed by atoms with van der Waals surface area (Å²) < 4.78 is 0. The van der Waals surface area contributed by atoms with E-state index in [1.165, 1.54) is 11.1 Å². The van der Waals surface area contributed by atoms with Gasteiger partial charge in [0.2, 0.25) is 5.91 Å². The predicted molar refractivity (Wildman–Crippen MR) is 88.3 cm³/mol. The van der Waals surface area contributed by atoms with Crippen LogP contribution in [0.5, 0.6) is 0 Å². The van der Waals surface area contributed by atoms with Crippen LogP contribution in [0.2, 0.25) is 0 Å². The quantitative estimate of drug-likeness (QED) is 0.883. The molecule has 2 atom stereocenters. The Morgan fingerprint density at radius 2 is 2.14 bits per heavy atom. The molecule has 1 aliphatic heterocycles. The zero-order valence-electron chi connectivity index (χ0n) is 13.1. The van der Waals surface area contributed by atoms with Gasteiger partial charge in [-0.2, -0.15) is 0 Å². The minimum absolute atomic E-state index is 0. The summed E-state index contributed by atoms with van der Waals surface area (Å²) in [5.41, 5.74) is 0.518. The number of nitrogens with zero attached hydrogens (tertiary/aromatic N) is 2. The lowest BCUT2D eigenvalue weighted by molar-refractivity contribution is -0.120. The van der Waals surface area contributed by atoms with Crippen LogP contribution in [0.15, 0.2) is 18.3 Å². The third-order valence-corrected chi connectivity index (χ3v) is 3.66. The first-order valence-corrected chi connectivity index (χ1v) is 7.19. The van der Waals surface area contributed by atoms with Crippen molar-refractivity contribution in [3.05, 3.63) is 23.9 Å².